The van der Waals surface area contributed by atoms with Crippen LogP contribution in [-0.4, -0.2) is 0 Å². The van der Waals surface area contributed by atoms with Gasteiger partial charge in [0.25, 0.3) is 0 Å². The molecule has 2 aromatic carbocycles. The fraction of sp³-hybridized carbons (Fsp3) is 0.143. The molecule has 0 fully saturated rings. The van der Waals surface area contributed by atoms with Crippen molar-refractivity contribution in [1.82, 2.24) is 0 Å². The van der Waals surface area contributed by atoms with Crippen molar-refractivity contribution in [1.29, 1.82) is 0 Å². The molecular formula is C14H11Br2ClFN. The van der Waals surface area contributed by atoms with E-state index in [1.165, 1.54) is 6.07 Å². The van der Waals surface area contributed by atoms with Crippen molar-refractivity contribution in [3.63, 3.8) is 0 Å². The molecule has 1 unspecified atom stereocenters. The maximum absolute atomic E-state index is 13.7. The van der Waals surface area contributed by atoms with E-state index in [4.69, 9.17) is 17.3 Å². The van der Waals surface area contributed by atoms with Gasteiger partial charge in [0, 0.05) is 15.0 Å². The first kappa shape index (κ1) is 15.0. The highest BCUT2D eigenvalue weighted by Crippen LogP contribution is 2.31. The van der Waals surface area contributed by atoms with Crippen molar-refractivity contribution in [3.8, 4) is 0 Å². The van der Waals surface area contributed by atoms with Gasteiger partial charge in [-0.05, 0) is 57.7 Å². The Kier molecular flexibility index (Phi) is 5.01. The second-order valence-corrected chi connectivity index (χ2v) is 6.34. The highest BCUT2D eigenvalue weighted by atomic mass is 79.9. The minimum Gasteiger partial charge on any atom is -0.324 e. The highest BCUT2D eigenvalue weighted by molar-refractivity contribution is 9.10. The Hall–Kier alpha value is -0.420. The van der Waals surface area contributed by atoms with Crippen molar-refractivity contribution in [2.75, 3.05) is 0 Å². The van der Waals surface area contributed by atoms with Gasteiger partial charge in [-0.1, -0.05) is 39.7 Å². The number of hydrogen-bond donors (Lipinski definition) is 1. The van der Waals surface area contributed by atoms with Crippen molar-refractivity contribution >= 4 is 43.5 Å². The minimum atomic E-state index is -0.353. The van der Waals surface area contributed by atoms with Crippen LogP contribution in [0.4, 0.5) is 4.39 Å². The molecule has 0 spiro atoms. The van der Waals surface area contributed by atoms with Gasteiger partial charge in [0.2, 0.25) is 0 Å². The van der Waals surface area contributed by atoms with Gasteiger partial charge in [-0.25, -0.2) is 4.39 Å². The Balaban J connectivity index is 2.28. The summed E-state index contributed by atoms with van der Waals surface area (Å²) in [6, 6.07) is 10.0. The number of halogens is 4. The third kappa shape index (κ3) is 3.57. The average Bonchev–Trinajstić information content (AvgIpc) is 2.37. The second-order valence-electron chi connectivity index (χ2n) is 4.19. The van der Waals surface area contributed by atoms with Crippen LogP contribution in [0.25, 0.3) is 0 Å². The summed E-state index contributed by atoms with van der Waals surface area (Å²) < 4.78 is 15.3. The molecule has 1 atom stereocenters. The number of hydrogen-bond acceptors (Lipinski definition) is 1. The van der Waals surface area contributed by atoms with E-state index < -0.39 is 0 Å². The van der Waals surface area contributed by atoms with Crippen LogP contribution in [0, 0.1) is 5.82 Å². The first-order chi connectivity index (χ1) is 8.99. The maximum Gasteiger partial charge on any atom is 0.126 e. The third-order valence-corrected chi connectivity index (χ3v) is 4.63. The zero-order chi connectivity index (χ0) is 14.0. The third-order valence-electron chi connectivity index (χ3n) is 2.83. The molecule has 100 valence electrons. The predicted molar refractivity (Wildman–Crippen MR) is 83.9 cm³/mol. The summed E-state index contributed by atoms with van der Waals surface area (Å²) in [5.74, 6) is -0.259. The van der Waals surface area contributed by atoms with Gasteiger partial charge in [0.05, 0.1) is 5.02 Å². The molecule has 0 aromatic heterocycles. The molecular weight excluding hydrogens is 396 g/mol. The molecule has 0 aliphatic rings. The number of nitrogens with two attached hydrogens (primary N) is 1. The molecule has 0 heterocycles. The van der Waals surface area contributed by atoms with E-state index in [-0.39, 0.29) is 11.9 Å². The summed E-state index contributed by atoms with van der Waals surface area (Å²) in [5.41, 5.74) is 7.50. The molecule has 0 aliphatic carbocycles. The molecule has 2 aromatic rings. The minimum absolute atomic E-state index is 0.259. The lowest BCUT2D eigenvalue weighted by molar-refractivity contribution is 0.593. The summed E-state index contributed by atoms with van der Waals surface area (Å²) in [6.45, 7) is 0. The van der Waals surface area contributed by atoms with E-state index in [1.807, 2.05) is 18.2 Å². The first-order valence-corrected chi connectivity index (χ1v) is 7.59. The first-order valence-electron chi connectivity index (χ1n) is 5.62. The van der Waals surface area contributed by atoms with E-state index in [9.17, 15) is 4.39 Å². The molecule has 1 nitrogen and oxygen atoms in total. The van der Waals surface area contributed by atoms with E-state index in [2.05, 4.69) is 31.9 Å². The number of benzene rings is 2. The number of rotatable bonds is 3. The van der Waals surface area contributed by atoms with Gasteiger partial charge >= 0.3 is 0 Å². The summed E-state index contributed by atoms with van der Waals surface area (Å²) in [5, 5.41) is 0.574. The Bertz CT molecular complexity index is 604. The van der Waals surface area contributed by atoms with E-state index in [0.29, 0.717) is 17.0 Å². The van der Waals surface area contributed by atoms with Crippen LogP contribution in [-0.2, 0) is 6.42 Å². The van der Waals surface area contributed by atoms with Gasteiger partial charge in [-0.3, -0.25) is 0 Å². The topological polar surface area (TPSA) is 26.0 Å². The van der Waals surface area contributed by atoms with Gasteiger partial charge in [0.15, 0.2) is 0 Å². The van der Waals surface area contributed by atoms with E-state index in [1.54, 1.807) is 12.1 Å². The molecule has 0 aliphatic heterocycles. The van der Waals surface area contributed by atoms with Gasteiger partial charge in [0.1, 0.15) is 5.82 Å². The van der Waals surface area contributed by atoms with Gasteiger partial charge in [-0.2, -0.15) is 0 Å². The maximum atomic E-state index is 13.7. The molecule has 0 saturated heterocycles. The molecule has 0 saturated carbocycles. The summed E-state index contributed by atoms with van der Waals surface area (Å²) in [4.78, 5) is 0. The highest BCUT2D eigenvalue weighted by Gasteiger charge is 2.15. The van der Waals surface area contributed by atoms with Crippen LogP contribution in [0.1, 0.15) is 17.2 Å². The quantitative estimate of drug-likeness (QED) is 0.739. The largest absolute Gasteiger partial charge is 0.324 e. The van der Waals surface area contributed by atoms with Crippen molar-refractivity contribution < 1.29 is 4.39 Å². The smallest absolute Gasteiger partial charge is 0.126 e. The molecule has 0 radical (unpaired) electrons. The SMILES string of the molecule is NC(Cc1cc(Br)ccc1F)c1cccc(Br)c1Cl. The van der Waals surface area contributed by atoms with E-state index >= 15 is 0 Å². The lowest BCUT2D eigenvalue weighted by Gasteiger charge is -2.15. The summed E-state index contributed by atoms with van der Waals surface area (Å²) >= 11 is 12.9. The molecule has 2 rings (SSSR count). The normalized spacial score (nSPS) is 12.5. The molecule has 0 amide bonds. The van der Waals surface area contributed by atoms with Crippen molar-refractivity contribution in [2.45, 2.75) is 12.5 Å². The monoisotopic (exact) mass is 405 g/mol. The predicted octanol–water partition coefficient (Wildman–Crippen LogP) is 5.25. The molecule has 0 bridgehead atoms. The standard InChI is InChI=1S/C14H11Br2ClFN/c15-9-4-5-12(18)8(6-9)7-13(19)10-2-1-3-11(16)14(10)17/h1-6,13H,7,19H2. The van der Waals surface area contributed by atoms with Crippen LogP contribution in [0.15, 0.2) is 45.3 Å². The average molecular weight is 408 g/mol. The van der Waals surface area contributed by atoms with Crippen LogP contribution in [0.2, 0.25) is 5.02 Å². The Morgan fingerprint density at radius 3 is 2.68 bits per heavy atom. The Morgan fingerprint density at radius 2 is 1.95 bits per heavy atom. The Morgan fingerprint density at radius 1 is 1.21 bits per heavy atom. The van der Waals surface area contributed by atoms with Crippen molar-refractivity contribution in [2.24, 2.45) is 5.73 Å². The van der Waals surface area contributed by atoms with Crippen LogP contribution in [0.5, 0.6) is 0 Å². The van der Waals surface area contributed by atoms with Gasteiger partial charge < -0.3 is 5.73 Å². The summed E-state index contributed by atoms with van der Waals surface area (Å²) in [6.07, 6.45) is 0.390. The van der Waals surface area contributed by atoms with Crippen LogP contribution in [0.3, 0.4) is 0 Å². The van der Waals surface area contributed by atoms with E-state index in [0.717, 1.165) is 14.5 Å². The molecule has 5 heteroatoms. The second kappa shape index (κ2) is 6.35. The lowest BCUT2D eigenvalue weighted by Crippen LogP contribution is -2.14. The molecule has 2 N–H and O–H groups in total. The van der Waals surface area contributed by atoms with Crippen LogP contribution >= 0.6 is 43.5 Å². The fourth-order valence-corrected chi connectivity index (χ4v) is 2.91. The van der Waals surface area contributed by atoms with Crippen molar-refractivity contribution in [3.05, 3.63) is 67.3 Å². The fourth-order valence-electron chi connectivity index (χ4n) is 1.85. The summed E-state index contributed by atoms with van der Waals surface area (Å²) in [7, 11) is 0. The zero-order valence-electron chi connectivity index (χ0n) is 9.84. The molecule has 19 heavy (non-hydrogen) atoms. The Labute approximate surface area is 133 Å². The zero-order valence-corrected chi connectivity index (χ0v) is 13.8. The lowest BCUT2D eigenvalue weighted by atomic mass is 9.99. The van der Waals surface area contributed by atoms with Gasteiger partial charge in [-0.15, -0.1) is 0 Å². The van der Waals surface area contributed by atoms with Crippen LogP contribution < -0.4 is 5.73 Å².